The molecule has 14 heavy (non-hydrogen) atoms. The fourth-order valence-corrected chi connectivity index (χ4v) is 1.12. The van der Waals surface area contributed by atoms with Gasteiger partial charge in [-0.3, -0.25) is 4.79 Å². The average Bonchev–Trinajstić information content (AvgIpc) is 2.11. The third-order valence-electron chi connectivity index (χ3n) is 1.63. The van der Waals surface area contributed by atoms with E-state index in [2.05, 4.69) is 11.6 Å². The quantitative estimate of drug-likeness (QED) is 0.502. The van der Waals surface area contributed by atoms with Gasteiger partial charge in [-0.25, -0.2) is 22.0 Å². The highest BCUT2D eigenvalue weighted by Gasteiger charge is 2.42. The molecule has 0 aromatic heterocycles. The Morgan fingerprint density at radius 1 is 1.07 bits per heavy atom. The molecule has 0 aliphatic heterocycles. The van der Waals surface area contributed by atoms with Crippen LogP contribution in [0.5, 0.6) is 0 Å². The molecule has 0 radical (unpaired) electrons. The molecule has 0 heterocycles. The molecule has 0 fully saturated rings. The van der Waals surface area contributed by atoms with Gasteiger partial charge >= 0.3 is 0 Å². The molecule has 1 aliphatic rings. The molecule has 1 aliphatic carbocycles. The first kappa shape index (κ1) is 11.2. The van der Waals surface area contributed by atoms with Crippen LogP contribution in [0.2, 0.25) is 0 Å². The topological polar surface area (TPSA) is 17.1 Å². The molecule has 0 spiro atoms. The lowest BCUT2D eigenvalue weighted by Gasteiger charge is -2.18. The standard InChI is InChI=1S/C7H2ClF5O/c8-7(14)1-2(9)4(11)6(13)5(12)3(1)10/h2,4H. The monoisotopic (exact) mass is 232 g/mol. The molecule has 1 rings (SSSR count). The number of halogens is 6. The highest BCUT2D eigenvalue weighted by molar-refractivity contribution is 6.67. The fraction of sp³-hybridized carbons (Fsp3) is 0.286. The van der Waals surface area contributed by atoms with E-state index < -0.39 is 40.6 Å². The molecule has 0 bridgehead atoms. The van der Waals surface area contributed by atoms with Crippen LogP contribution in [0.25, 0.3) is 0 Å². The zero-order valence-corrected chi connectivity index (χ0v) is 7.09. The summed E-state index contributed by atoms with van der Waals surface area (Å²) < 4.78 is 62.8. The minimum absolute atomic E-state index is 1.53. The van der Waals surface area contributed by atoms with Gasteiger partial charge in [-0.15, -0.1) is 0 Å². The van der Waals surface area contributed by atoms with Crippen molar-refractivity contribution in [3.05, 3.63) is 23.1 Å². The van der Waals surface area contributed by atoms with E-state index in [4.69, 9.17) is 0 Å². The number of carbonyl (C=O) groups excluding carboxylic acids is 1. The predicted molar refractivity (Wildman–Crippen MR) is 38.0 cm³/mol. The largest absolute Gasteiger partial charge is 0.276 e. The first-order valence-corrected chi connectivity index (χ1v) is 3.69. The van der Waals surface area contributed by atoms with Crippen LogP contribution in [-0.4, -0.2) is 17.6 Å². The molecular weight excluding hydrogens is 231 g/mol. The third kappa shape index (κ3) is 1.54. The summed E-state index contributed by atoms with van der Waals surface area (Å²) in [6.45, 7) is 0. The van der Waals surface area contributed by atoms with Crippen molar-refractivity contribution in [1.82, 2.24) is 0 Å². The normalized spacial score (nSPS) is 28.4. The van der Waals surface area contributed by atoms with E-state index in [0.29, 0.717) is 0 Å². The van der Waals surface area contributed by atoms with Crippen molar-refractivity contribution < 1.29 is 26.7 Å². The number of alkyl halides is 2. The summed E-state index contributed by atoms with van der Waals surface area (Å²) in [6, 6.07) is 0. The van der Waals surface area contributed by atoms with Gasteiger partial charge in [-0.2, -0.15) is 0 Å². The first-order chi connectivity index (χ1) is 6.37. The average molecular weight is 233 g/mol. The van der Waals surface area contributed by atoms with Gasteiger partial charge in [0.1, 0.15) is 0 Å². The van der Waals surface area contributed by atoms with Crippen molar-refractivity contribution in [2.75, 3.05) is 0 Å². The maximum absolute atomic E-state index is 12.7. The minimum atomic E-state index is -3.04. The van der Waals surface area contributed by atoms with E-state index in [-0.39, 0.29) is 0 Å². The highest BCUT2D eigenvalue weighted by atomic mass is 35.5. The van der Waals surface area contributed by atoms with Crippen molar-refractivity contribution in [2.45, 2.75) is 12.3 Å². The molecule has 0 saturated carbocycles. The Kier molecular flexibility index (Phi) is 2.94. The third-order valence-corrected chi connectivity index (χ3v) is 1.83. The van der Waals surface area contributed by atoms with Gasteiger partial charge in [0, 0.05) is 0 Å². The van der Waals surface area contributed by atoms with Gasteiger partial charge in [0.15, 0.2) is 29.8 Å². The molecule has 0 saturated heterocycles. The summed E-state index contributed by atoms with van der Waals surface area (Å²) in [4.78, 5) is 10.4. The van der Waals surface area contributed by atoms with Crippen LogP contribution in [0.15, 0.2) is 23.1 Å². The Bertz CT molecular complexity index is 348. The number of hydrogen-bond donors (Lipinski definition) is 0. The van der Waals surface area contributed by atoms with Gasteiger partial charge in [0.05, 0.1) is 5.57 Å². The van der Waals surface area contributed by atoms with E-state index in [1.165, 1.54) is 0 Å². The number of rotatable bonds is 1. The molecule has 1 nitrogen and oxygen atoms in total. The van der Waals surface area contributed by atoms with Gasteiger partial charge in [-0.05, 0) is 11.6 Å². The zero-order valence-electron chi connectivity index (χ0n) is 6.33. The fourth-order valence-electron chi connectivity index (χ4n) is 0.935. The van der Waals surface area contributed by atoms with Crippen molar-refractivity contribution in [3.63, 3.8) is 0 Å². The Hall–Kier alpha value is -0.910. The molecule has 0 N–H and O–H groups in total. The number of carbonyl (C=O) groups is 1. The predicted octanol–water partition coefficient (Wildman–Crippen LogP) is 2.82. The molecule has 0 aromatic carbocycles. The van der Waals surface area contributed by atoms with Crippen molar-refractivity contribution in [3.8, 4) is 0 Å². The Morgan fingerprint density at radius 2 is 1.57 bits per heavy atom. The minimum Gasteiger partial charge on any atom is -0.276 e. The summed E-state index contributed by atoms with van der Waals surface area (Å²) in [5.74, 6) is -6.53. The molecular formula is C7H2ClF5O. The zero-order chi connectivity index (χ0) is 11.0. The van der Waals surface area contributed by atoms with Crippen molar-refractivity contribution >= 4 is 16.8 Å². The SMILES string of the molecule is O=C(Cl)C1=C(F)C(F)=C(F)C(F)C1F. The van der Waals surface area contributed by atoms with Crippen LogP contribution in [0, 0.1) is 0 Å². The molecule has 7 heteroatoms. The van der Waals surface area contributed by atoms with E-state index in [9.17, 15) is 26.7 Å². The van der Waals surface area contributed by atoms with Crippen LogP contribution in [0.4, 0.5) is 22.0 Å². The molecule has 2 unspecified atom stereocenters. The van der Waals surface area contributed by atoms with Crippen molar-refractivity contribution in [1.29, 1.82) is 0 Å². The lowest BCUT2D eigenvalue weighted by molar-refractivity contribution is -0.109. The second-order valence-corrected chi connectivity index (χ2v) is 2.81. The van der Waals surface area contributed by atoms with Gasteiger partial charge < -0.3 is 0 Å². The van der Waals surface area contributed by atoms with Crippen LogP contribution < -0.4 is 0 Å². The van der Waals surface area contributed by atoms with E-state index >= 15 is 0 Å². The lowest BCUT2D eigenvalue weighted by atomic mass is 10.00. The summed E-state index contributed by atoms with van der Waals surface area (Å²) in [6.07, 6.45) is -5.95. The van der Waals surface area contributed by atoms with Gasteiger partial charge in [0.25, 0.3) is 5.24 Å². The highest BCUT2D eigenvalue weighted by Crippen LogP contribution is 2.37. The molecule has 0 aromatic rings. The summed E-state index contributed by atoms with van der Waals surface area (Å²) >= 11 is 4.67. The molecule has 78 valence electrons. The number of allylic oxidation sites excluding steroid dienone is 4. The maximum Gasteiger partial charge on any atom is 0.254 e. The smallest absolute Gasteiger partial charge is 0.254 e. The van der Waals surface area contributed by atoms with E-state index in [1.807, 2.05) is 0 Å². The van der Waals surface area contributed by atoms with Crippen molar-refractivity contribution in [2.24, 2.45) is 0 Å². The van der Waals surface area contributed by atoms with E-state index in [0.717, 1.165) is 0 Å². The molecule has 0 amide bonds. The van der Waals surface area contributed by atoms with Crippen LogP contribution in [-0.2, 0) is 4.79 Å². The summed E-state index contributed by atoms with van der Waals surface area (Å²) in [7, 11) is 0. The number of hydrogen-bond acceptors (Lipinski definition) is 1. The second kappa shape index (κ2) is 3.68. The van der Waals surface area contributed by atoms with Gasteiger partial charge in [0.2, 0.25) is 0 Å². The van der Waals surface area contributed by atoms with Crippen LogP contribution >= 0.6 is 11.6 Å². The summed E-state index contributed by atoms with van der Waals surface area (Å²) in [5, 5.41) is -1.69. The Balaban J connectivity index is 3.32. The van der Waals surface area contributed by atoms with Crippen LogP contribution in [0.3, 0.4) is 0 Å². The maximum atomic E-state index is 12.7. The van der Waals surface area contributed by atoms with Gasteiger partial charge in [-0.1, -0.05) is 0 Å². The molecule has 2 atom stereocenters. The second-order valence-electron chi connectivity index (χ2n) is 2.47. The van der Waals surface area contributed by atoms with Crippen LogP contribution in [0.1, 0.15) is 0 Å². The summed E-state index contributed by atoms with van der Waals surface area (Å²) in [5.41, 5.74) is -1.53. The van der Waals surface area contributed by atoms with E-state index in [1.54, 1.807) is 0 Å². The lowest BCUT2D eigenvalue weighted by Crippen LogP contribution is -2.28. The first-order valence-electron chi connectivity index (χ1n) is 3.31. The Morgan fingerprint density at radius 3 is 2.00 bits per heavy atom. The Labute approximate surface area is 79.8 Å².